The third-order valence-corrected chi connectivity index (χ3v) is 5.86. The quantitative estimate of drug-likeness (QED) is 0.486. The second-order valence-corrected chi connectivity index (χ2v) is 8.31. The van der Waals surface area contributed by atoms with Gasteiger partial charge in [-0.1, -0.05) is 17.7 Å². The number of benzene rings is 1. The highest BCUT2D eigenvalue weighted by molar-refractivity contribution is 6.30. The molecule has 9 nitrogen and oxygen atoms in total. The maximum absolute atomic E-state index is 13.2. The molecule has 1 aromatic carbocycles. The molecule has 3 aromatic rings. The number of anilines is 2. The number of nitrogens with one attached hydrogen (secondary N) is 2. The van der Waals surface area contributed by atoms with Crippen molar-refractivity contribution in [3.63, 3.8) is 0 Å². The molecule has 0 bridgehead atoms. The summed E-state index contributed by atoms with van der Waals surface area (Å²) in [6, 6.07) is 8.25. The van der Waals surface area contributed by atoms with Crippen molar-refractivity contribution in [2.75, 3.05) is 18.2 Å². The highest BCUT2D eigenvalue weighted by Crippen LogP contribution is 2.24. The molecule has 1 amide bonds. The number of fused-ring (bicyclic) bond motifs is 1. The Hall–Kier alpha value is -3.59. The first kappa shape index (κ1) is 22.6. The van der Waals surface area contributed by atoms with Crippen LogP contribution in [0, 0.1) is 6.92 Å². The number of nitrogens with two attached hydrogens (primary N) is 1. The van der Waals surface area contributed by atoms with Gasteiger partial charge in [0, 0.05) is 30.2 Å². The van der Waals surface area contributed by atoms with Crippen LogP contribution in [-0.2, 0) is 24.3 Å². The zero-order chi connectivity index (χ0) is 23.5. The monoisotopic (exact) mass is 468 g/mol. The van der Waals surface area contributed by atoms with Crippen molar-refractivity contribution in [3.8, 4) is 5.75 Å². The molecule has 0 saturated heterocycles. The number of aromatic nitrogens is 3. The number of halogens is 1. The van der Waals surface area contributed by atoms with Crippen LogP contribution in [0.2, 0.25) is 5.02 Å². The molecule has 10 heteroatoms. The Balaban J connectivity index is 1.48. The zero-order valence-electron chi connectivity index (χ0n) is 18.4. The van der Waals surface area contributed by atoms with E-state index in [-0.39, 0.29) is 11.5 Å². The van der Waals surface area contributed by atoms with Crippen LogP contribution in [0.25, 0.3) is 0 Å². The fourth-order valence-corrected chi connectivity index (χ4v) is 4.16. The molecule has 0 saturated carbocycles. The molecule has 2 aromatic heterocycles. The Morgan fingerprint density at radius 3 is 2.88 bits per heavy atom. The lowest BCUT2D eigenvalue weighted by molar-refractivity contribution is -0.124. The predicted octanol–water partition coefficient (Wildman–Crippen LogP) is 2.61. The van der Waals surface area contributed by atoms with Crippen LogP contribution in [0.1, 0.15) is 35.1 Å². The van der Waals surface area contributed by atoms with E-state index >= 15 is 0 Å². The molecule has 4 N–H and O–H groups in total. The number of ether oxygens (including phenoxy) is 1. The van der Waals surface area contributed by atoms with Crippen LogP contribution in [-0.4, -0.2) is 27.6 Å². The number of rotatable bonds is 7. The lowest BCUT2D eigenvalue weighted by Crippen LogP contribution is -2.36. The summed E-state index contributed by atoms with van der Waals surface area (Å²) >= 11 is 6.12. The molecule has 3 heterocycles. The number of hydrogen-bond acceptors (Lipinski definition) is 7. The molecule has 1 aliphatic rings. The van der Waals surface area contributed by atoms with Gasteiger partial charge in [0.15, 0.2) is 0 Å². The summed E-state index contributed by atoms with van der Waals surface area (Å²) in [6.45, 7) is 2.50. The molecule has 1 atom stereocenters. The van der Waals surface area contributed by atoms with Gasteiger partial charge in [0.05, 0.1) is 13.3 Å². The zero-order valence-corrected chi connectivity index (χ0v) is 19.1. The number of pyridine rings is 1. The molecule has 172 valence electrons. The Labute approximate surface area is 196 Å². The number of carbonyl (C=O) groups excluding carboxylic acids is 1. The number of methoxy groups -OCH3 is 1. The standard InChI is InChI=1S/C23H25ClN6O3/c1-13-15(3-5-20(25)29-13)11-28-22(31)19-4-6-21-27-12-18(23(32)30(19)21)26-10-14-7-16(24)9-17(8-14)33-2/h3,5,7-9,12,19,26H,4,6,10-11H2,1-2H3,(H2,25,29)(H,28,31)/t19-/m0/s1. The lowest BCUT2D eigenvalue weighted by atomic mass is 10.1. The maximum Gasteiger partial charge on any atom is 0.277 e. The highest BCUT2D eigenvalue weighted by Gasteiger charge is 2.31. The number of nitrogens with zero attached hydrogens (tertiary/aromatic N) is 3. The summed E-state index contributed by atoms with van der Waals surface area (Å²) in [6.07, 6.45) is 2.59. The Morgan fingerprint density at radius 1 is 1.30 bits per heavy atom. The van der Waals surface area contributed by atoms with Crippen LogP contribution in [0.4, 0.5) is 11.5 Å². The van der Waals surface area contributed by atoms with E-state index in [0.717, 1.165) is 16.8 Å². The molecule has 0 unspecified atom stereocenters. The molecule has 33 heavy (non-hydrogen) atoms. The number of hydrogen-bond donors (Lipinski definition) is 3. The van der Waals surface area contributed by atoms with Gasteiger partial charge >= 0.3 is 0 Å². The van der Waals surface area contributed by atoms with Crippen LogP contribution in [0.5, 0.6) is 5.75 Å². The van der Waals surface area contributed by atoms with E-state index < -0.39 is 6.04 Å². The average Bonchev–Trinajstić information content (AvgIpc) is 3.22. The van der Waals surface area contributed by atoms with Gasteiger partial charge in [-0.25, -0.2) is 9.97 Å². The van der Waals surface area contributed by atoms with Crippen LogP contribution < -0.4 is 26.7 Å². The molecule has 0 aliphatic carbocycles. The van der Waals surface area contributed by atoms with Crippen molar-refractivity contribution >= 4 is 29.0 Å². The lowest BCUT2D eigenvalue weighted by Gasteiger charge is -2.16. The van der Waals surface area contributed by atoms with Gasteiger partial charge in [0.2, 0.25) is 5.91 Å². The van der Waals surface area contributed by atoms with Gasteiger partial charge in [-0.15, -0.1) is 0 Å². The fraction of sp³-hybridized carbons (Fsp3) is 0.304. The first-order valence-electron chi connectivity index (χ1n) is 10.5. The third kappa shape index (κ3) is 4.93. The number of carbonyl (C=O) groups is 1. The minimum atomic E-state index is -0.616. The minimum Gasteiger partial charge on any atom is -0.497 e. The van der Waals surface area contributed by atoms with Gasteiger partial charge in [0.1, 0.15) is 29.1 Å². The Morgan fingerprint density at radius 2 is 2.12 bits per heavy atom. The normalized spacial score (nSPS) is 14.6. The fourth-order valence-electron chi connectivity index (χ4n) is 3.91. The molecule has 0 spiro atoms. The van der Waals surface area contributed by atoms with Crippen LogP contribution in [0.3, 0.4) is 0 Å². The van der Waals surface area contributed by atoms with E-state index in [1.807, 2.05) is 19.1 Å². The van der Waals surface area contributed by atoms with E-state index in [2.05, 4.69) is 20.6 Å². The van der Waals surface area contributed by atoms with E-state index in [1.165, 1.54) is 10.8 Å². The van der Waals surface area contributed by atoms with E-state index in [9.17, 15) is 9.59 Å². The van der Waals surface area contributed by atoms with Gasteiger partial charge in [-0.2, -0.15) is 0 Å². The number of amides is 1. The molecule has 4 rings (SSSR count). The first-order valence-corrected chi connectivity index (χ1v) is 10.9. The summed E-state index contributed by atoms with van der Waals surface area (Å²) in [5.74, 6) is 1.43. The number of aryl methyl sites for hydroxylation is 2. The smallest absolute Gasteiger partial charge is 0.277 e. The molecular weight excluding hydrogens is 444 g/mol. The second kappa shape index (κ2) is 9.50. The molecule has 1 aliphatic heterocycles. The van der Waals surface area contributed by atoms with Crippen molar-refractivity contribution in [2.24, 2.45) is 0 Å². The van der Waals surface area contributed by atoms with Gasteiger partial charge in [0.25, 0.3) is 5.56 Å². The van der Waals surface area contributed by atoms with Crippen molar-refractivity contribution in [1.29, 1.82) is 0 Å². The third-order valence-electron chi connectivity index (χ3n) is 5.65. The van der Waals surface area contributed by atoms with Crippen LogP contribution in [0.15, 0.2) is 41.3 Å². The predicted molar refractivity (Wildman–Crippen MR) is 126 cm³/mol. The molecule has 0 radical (unpaired) electrons. The SMILES string of the molecule is COc1cc(Cl)cc(CNc2cnc3n(c2=O)[C@H](C(=O)NCc2ccc(N)nc2C)CC3)c1. The summed E-state index contributed by atoms with van der Waals surface area (Å²) in [5, 5.41) is 6.56. The Bertz CT molecular complexity index is 1260. The largest absolute Gasteiger partial charge is 0.497 e. The highest BCUT2D eigenvalue weighted by atomic mass is 35.5. The van der Waals surface area contributed by atoms with Crippen molar-refractivity contribution < 1.29 is 9.53 Å². The van der Waals surface area contributed by atoms with Crippen molar-refractivity contribution in [3.05, 3.63) is 74.6 Å². The molecule has 0 fully saturated rings. The topological polar surface area (TPSA) is 124 Å². The maximum atomic E-state index is 13.2. The van der Waals surface area contributed by atoms with Gasteiger partial charge in [-0.3, -0.25) is 14.2 Å². The summed E-state index contributed by atoms with van der Waals surface area (Å²) in [7, 11) is 1.57. The summed E-state index contributed by atoms with van der Waals surface area (Å²) in [4.78, 5) is 34.7. The minimum absolute atomic E-state index is 0.231. The Kier molecular flexibility index (Phi) is 6.50. The van der Waals surface area contributed by atoms with E-state index in [0.29, 0.717) is 54.0 Å². The number of nitrogen functional groups attached to an aromatic ring is 1. The van der Waals surface area contributed by atoms with Gasteiger partial charge < -0.3 is 21.1 Å². The summed E-state index contributed by atoms with van der Waals surface area (Å²) in [5.41, 5.74) is 8.20. The van der Waals surface area contributed by atoms with Crippen LogP contribution >= 0.6 is 11.6 Å². The van der Waals surface area contributed by atoms with Crippen molar-refractivity contribution in [1.82, 2.24) is 19.9 Å². The van der Waals surface area contributed by atoms with Gasteiger partial charge in [-0.05, 0) is 48.7 Å². The average molecular weight is 469 g/mol. The van der Waals surface area contributed by atoms with Crippen molar-refractivity contribution in [2.45, 2.75) is 38.9 Å². The molecular formula is C23H25ClN6O3. The first-order chi connectivity index (χ1) is 15.9. The second-order valence-electron chi connectivity index (χ2n) is 7.87. The van der Waals surface area contributed by atoms with E-state index in [1.54, 1.807) is 25.3 Å². The van der Waals surface area contributed by atoms with E-state index in [4.69, 9.17) is 22.1 Å². The summed E-state index contributed by atoms with van der Waals surface area (Å²) < 4.78 is 6.71.